The van der Waals surface area contributed by atoms with Crippen LogP contribution in [0.4, 0.5) is 0 Å². The number of ether oxygens (including phenoxy) is 1. The van der Waals surface area contributed by atoms with Crippen LogP contribution in [0, 0.1) is 5.92 Å². The van der Waals surface area contributed by atoms with Crippen LogP contribution < -0.4 is 0 Å². The standard InChI is InChI=1S/C13H17BrO2/c14-12-4-2-1-3-11(12)9-13(15)10-5-7-16-8-6-10/h1-4,10,13,15H,5-9H2. The number of aliphatic hydroxyl groups is 1. The highest BCUT2D eigenvalue weighted by Gasteiger charge is 2.22. The highest BCUT2D eigenvalue weighted by atomic mass is 79.9. The van der Waals surface area contributed by atoms with Crippen LogP contribution in [0.25, 0.3) is 0 Å². The van der Waals surface area contributed by atoms with Gasteiger partial charge < -0.3 is 9.84 Å². The molecule has 1 N–H and O–H groups in total. The molecule has 1 aromatic rings. The van der Waals surface area contributed by atoms with E-state index >= 15 is 0 Å². The van der Waals surface area contributed by atoms with Crippen LogP contribution in [-0.4, -0.2) is 24.4 Å². The lowest BCUT2D eigenvalue weighted by atomic mass is 9.90. The van der Waals surface area contributed by atoms with Gasteiger partial charge in [-0.1, -0.05) is 34.1 Å². The topological polar surface area (TPSA) is 29.5 Å². The van der Waals surface area contributed by atoms with Gasteiger partial charge in [0.2, 0.25) is 0 Å². The molecular weight excluding hydrogens is 268 g/mol. The van der Waals surface area contributed by atoms with Crippen LogP contribution in [-0.2, 0) is 11.2 Å². The van der Waals surface area contributed by atoms with Crippen molar-refractivity contribution in [2.24, 2.45) is 5.92 Å². The van der Waals surface area contributed by atoms with E-state index in [0.717, 1.165) is 36.9 Å². The van der Waals surface area contributed by atoms with E-state index in [1.165, 1.54) is 5.56 Å². The fraction of sp³-hybridized carbons (Fsp3) is 0.538. The molecule has 1 aromatic carbocycles. The monoisotopic (exact) mass is 284 g/mol. The van der Waals surface area contributed by atoms with Crippen LogP contribution in [0.2, 0.25) is 0 Å². The predicted molar refractivity (Wildman–Crippen MR) is 67.4 cm³/mol. The summed E-state index contributed by atoms with van der Waals surface area (Å²) >= 11 is 3.51. The van der Waals surface area contributed by atoms with Crippen molar-refractivity contribution >= 4 is 15.9 Å². The zero-order valence-corrected chi connectivity index (χ0v) is 10.8. The molecule has 1 heterocycles. The number of rotatable bonds is 3. The summed E-state index contributed by atoms with van der Waals surface area (Å²) in [6, 6.07) is 8.09. The van der Waals surface area contributed by atoms with Gasteiger partial charge in [0.05, 0.1) is 6.10 Å². The number of hydrogen-bond acceptors (Lipinski definition) is 2. The molecule has 16 heavy (non-hydrogen) atoms. The van der Waals surface area contributed by atoms with Gasteiger partial charge in [-0.3, -0.25) is 0 Å². The third-order valence-electron chi connectivity index (χ3n) is 3.20. The van der Waals surface area contributed by atoms with Crippen LogP contribution >= 0.6 is 15.9 Å². The average Bonchev–Trinajstić information content (AvgIpc) is 2.33. The Morgan fingerprint density at radius 2 is 2.00 bits per heavy atom. The molecular formula is C13H17BrO2. The summed E-state index contributed by atoms with van der Waals surface area (Å²) in [5.41, 5.74) is 1.18. The van der Waals surface area contributed by atoms with E-state index in [1.807, 2.05) is 18.2 Å². The molecule has 1 saturated heterocycles. The minimum atomic E-state index is -0.248. The van der Waals surface area contributed by atoms with Crippen LogP contribution in [0.1, 0.15) is 18.4 Å². The summed E-state index contributed by atoms with van der Waals surface area (Å²) < 4.78 is 6.39. The third-order valence-corrected chi connectivity index (χ3v) is 3.97. The summed E-state index contributed by atoms with van der Waals surface area (Å²) in [6.45, 7) is 1.58. The van der Waals surface area contributed by atoms with Gasteiger partial charge in [-0.15, -0.1) is 0 Å². The Morgan fingerprint density at radius 1 is 1.31 bits per heavy atom. The Kier molecular flexibility index (Phi) is 4.38. The molecule has 1 aliphatic heterocycles. The van der Waals surface area contributed by atoms with Crippen molar-refractivity contribution in [3.63, 3.8) is 0 Å². The Hall–Kier alpha value is -0.380. The van der Waals surface area contributed by atoms with Crippen molar-refractivity contribution in [3.05, 3.63) is 34.3 Å². The second-order valence-corrected chi connectivity index (χ2v) is 5.17. The molecule has 2 rings (SSSR count). The predicted octanol–water partition coefficient (Wildman–Crippen LogP) is 2.78. The fourth-order valence-electron chi connectivity index (χ4n) is 2.16. The van der Waals surface area contributed by atoms with E-state index < -0.39 is 0 Å². The van der Waals surface area contributed by atoms with Crippen molar-refractivity contribution in [1.29, 1.82) is 0 Å². The smallest absolute Gasteiger partial charge is 0.0610 e. The van der Waals surface area contributed by atoms with E-state index in [-0.39, 0.29) is 6.10 Å². The summed E-state index contributed by atoms with van der Waals surface area (Å²) in [5.74, 6) is 0.390. The lowest BCUT2D eigenvalue weighted by Crippen LogP contribution is -2.28. The highest BCUT2D eigenvalue weighted by Crippen LogP contribution is 2.24. The molecule has 0 bridgehead atoms. The first-order chi connectivity index (χ1) is 7.77. The molecule has 1 aliphatic rings. The Balaban J connectivity index is 1.96. The van der Waals surface area contributed by atoms with Gasteiger partial charge in [0, 0.05) is 17.7 Å². The first kappa shape index (κ1) is 12.1. The third kappa shape index (κ3) is 3.06. The van der Waals surface area contributed by atoms with Gasteiger partial charge >= 0.3 is 0 Å². The minimum absolute atomic E-state index is 0.248. The largest absolute Gasteiger partial charge is 0.392 e. The summed E-state index contributed by atoms with van der Waals surface area (Å²) in [6.07, 6.45) is 2.44. The lowest BCUT2D eigenvalue weighted by Gasteiger charge is -2.27. The average molecular weight is 285 g/mol. The van der Waals surface area contributed by atoms with E-state index in [2.05, 4.69) is 22.0 Å². The number of benzene rings is 1. The quantitative estimate of drug-likeness (QED) is 0.925. The number of halogens is 1. The summed E-state index contributed by atoms with van der Waals surface area (Å²) in [5, 5.41) is 10.2. The van der Waals surface area contributed by atoms with Gasteiger partial charge in [-0.25, -0.2) is 0 Å². The molecule has 0 spiro atoms. The van der Waals surface area contributed by atoms with Gasteiger partial charge in [0.1, 0.15) is 0 Å². The number of hydrogen-bond donors (Lipinski definition) is 1. The van der Waals surface area contributed by atoms with E-state index in [1.54, 1.807) is 0 Å². The molecule has 1 atom stereocenters. The number of aliphatic hydroxyl groups excluding tert-OH is 1. The maximum Gasteiger partial charge on any atom is 0.0610 e. The Morgan fingerprint density at radius 3 is 2.69 bits per heavy atom. The van der Waals surface area contributed by atoms with Crippen LogP contribution in [0.15, 0.2) is 28.7 Å². The van der Waals surface area contributed by atoms with E-state index in [0.29, 0.717) is 5.92 Å². The van der Waals surface area contributed by atoms with Gasteiger partial charge in [0.25, 0.3) is 0 Å². The zero-order valence-electron chi connectivity index (χ0n) is 9.23. The maximum absolute atomic E-state index is 10.2. The molecule has 1 fully saturated rings. The minimum Gasteiger partial charge on any atom is -0.392 e. The van der Waals surface area contributed by atoms with Crippen molar-refractivity contribution in [2.45, 2.75) is 25.4 Å². The highest BCUT2D eigenvalue weighted by molar-refractivity contribution is 9.10. The SMILES string of the molecule is OC(Cc1ccccc1Br)C1CCOCC1. The van der Waals surface area contributed by atoms with Crippen molar-refractivity contribution in [2.75, 3.05) is 13.2 Å². The second-order valence-electron chi connectivity index (χ2n) is 4.31. The maximum atomic E-state index is 10.2. The summed E-state index contributed by atoms with van der Waals surface area (Å²) in [7, 11) is 0. The molecule has 3 heteroatoms. The molecule has 0 amide bonds. The van der Waals surface area contributed by atoms with Crippen LogP contribution in [0.3, 0.4) is 0 Å². The molecule has 0 radical (unpaired) electrons. The van der Waals surface area contributed by atoms with E-state index in [4.69, 9.17) is 4.74 Å². The molecule has 0 saturated carbocycles. The molecule has 0 aromatic heterocycles. The molecule has 2 nitrogen and oxygen atoms in total. The zero-order chi connectivity index (χ0) is 11.4. The molecule has 1 unspecified atom stereocenters. The summed E-state index contributed by atoms with van der Waals surface area (Å²) in [4.78, 5) is 0. The van der Waals surface area contributed by atoms with Gasteiger partial charge in [-0.2, -0.15) is 0 Å². The van der Waals surface area contributed by atoms with Gasteiger partial charge in [-0.05, 0) is 36.8 Å². The van der Waals surface area contributed by atoms with Crippen molar-refractivity contribution in [1.82, 2.24) is 0 Å². The molecule has 0 aliphatic carbocycles. The van der Waals surface area contributed by atoms with E-state index in [9.17, 15) is 5.11 Å². The Labute approximate surface area is 105 Å². The van der Waals surface area contributed by atoms with Crippen LogP contribution in [0.5, 0.6) is 0 Å². The normalized spacial score (nSPS) is 19.6. The first-order valence-electron chi connectivity index (χ1n) is 5.76. The fourth-order valence-corrected chi connectivity index (χ4v) is 2.60. The van der Waals surface area contributed by atoms with Gasteiger partial charge in [0.15, 0.2) is 0 Å². The second kappa shape index (κ2) is 5.80. The Bertz CT molecular complexity index is 334. The lowest BCUT2D eigenvalue weighted by molar-refractivity contribution is 0.00834. The first-order valence-corrected chi connectivity index (χ1v) is 6.56. The van der Waals surface area contributed by atoms with Crippen molar-refractivity contribution < 1.29 is 9.84 Å². The van der Waals surface area contributed by atoms with Crippen molar-refractivity contribution in [3.8, 4) is 0 Å². The molecule has 88 valence electrons.